The van der Waals surface area contributed by atoms with Gasteiger partial charge in [0.1, 0.15) is 0 Å². The molecule has 1 unspecified atom stereocenters. The zero-order valence-electron chi connectivity index (χ0n) is 13.0. The molecule has 5 nitrogen and oxygen atoms in total. The monoisotopic (exact) mass is 311 g/mol. The number of nitrogens with one attached hydrogen (secondary N) is 1. The van der Waals surface area contributed by atoms with Gasteiger partial charge in [-0.05, 0) is 50.2 Å². The molecule has 0 bridgehead atoms. The Morgan fingerprint density at radius 2 is 1.95 bits per heavy atom. The second-order valence-corrected chi connectivity index (χ2v) is 8.03. The SMILES string of the molecule is CNCC1CCN(Cc2ccc(S(=O)(=O)N(C)C)cc2)C1. The van der Waals surface area contributed by atoms with E-state index in [1.165, 1.54) is 10.7 Å². The minimum atomic E-state index is -3.33. The lowest BCUT2D eigenvalue weighted by Crippen LogP contribution is -2.24. The maximum Gasteiger partial charge on any atom is 0.242 e. The van der Waals surface area contributed by atoms with Gasteiger partial charge in [-0.25, -0.2) is 12.7 Å². The van der Waals surface area contributed by atoms with Crippen LogP contribution >= 0.6 is 0 Å². The Morgan fingerprint density at radius 1 is 1.29 bits per heavy atom. The van der Waals surface area contributed by atoms with Crippen LogP contribution in [-0.2, 0) is 16.6 Å². The summed E-state index contributed by atoms with van der Waals surface area (Å²) in [6.45, 7) is 4.18. The van der Waals surface area contributed by atoms with Crippen molar-refractivity contribution in [2.75, 3.05) is 40.8 Å². The van der Waals surface area contributed by atoms with Crippen LogP contribution in [0.1, 0.15) is 12.0 Å². The first kappa shape index (κ1) is 16.4. The average molecular weight is 311 g/mol. The number of hydrogen-bond donors (Lipinski definition) is 1. The van der Waals surface area contributed by atoms with Crippen molar-refractivity contribution in [3.05, 3.63) is 29.8 Å². The molecule has 1 aliphatic heterocycles. The van der Waals surface area contributed by atoms with Crippen molar-refractivity contribution in [2.24, 2.45) is 5.92 Å². The molecule has 0 amide bonds. The van der Waals surface area contributed by atoms with E-state index in [1.54, 1.807) is 26.2 Å². The lowest BCUT2D eigenvalue weighted by atomic mass is 10.1. The first-order chi connectivity index (χ1) is 9.93. The average Bonchev–Trinajstić information content (AvgIpc) is 2.87. The van der Waals surface area contributed by atoms with Crippen LogP contribution in [0.15, 0.2) is 29.2 Å². The third-order valence-electron chi connectivity index (χ3n) is 3.97. The molecule has 1 aliphatic rings. The van der Waals surface area contributed by atoms with Crippen molar-refractivity contribution >= 4 is 10.0 Å². The minimum Gasteiger partial charge on any atom is -0.319 e. The highest BCUT2D eigenvalue weighted by Gasteiger charge is 2.22. The number of sulfonamides is 1. The summed E-state index contributed by atoms with van der Waals surface area (Å²) < 4.78 is 25.3. The van der Waals surface area contributed by atoms with Gasteiger partial charge in [-0.15, -0.1) is 0 Å². The number of hydrogen-bond acceptors (Lipinski definition) is 4. The van der Waals surface area contributed by atoms with Crippen LogP contribution in [0.4, 0.5) is 0 Å². The maximum absolute atomic E-state index is 12.0. The van der Waals surface area contributed by atoms with Gasteiger partial charge in [0.25, 0.3) is 0 Å². The second kappa shape index (κ2) is 6.87. The van der Waals surface area contributed by atoms with Gasteiger partial charge in [-0.2, -0.15) is 0 Å². The summed E-state index contributed by atoms with van der Waals surface area (Å²) in [7, 11) is 1.77. The van der Waals surface area contributed by atoms with E-state index in [1.807, 2.05) is 19.2 Å². The summed E-state index contributed by atoms with van der Waals surface area (Å²) in [6, 6.07) is 7.24. The largest absolute Gasteiger partial charge is 0.319 e. The summed E-state index contributed by atoms with van der Waals surface area (Å²) in [6.07, 6.45) is 1.23. The van der Waals surface area contributed by atoms with Crippen LogP contribution in [0.5, 0.6) is 0 Å². The van der Waals surface area contributed by atoms with E-state index in [0.717, 1.165) is 37.7 Å². The fourth-order valence-electron chi connectivity index (χ4n) is 2.75. The lowest BCUT2D eigenvalue weighted by Gasteiger charge is -2.17. The van der Waals surface area contributed by atoms with Crippen molar-refractivity contribution in [2.45, 2.75) is 17.9 Å². The molecule has 0 radical (unpaired) electrons. The molecule has 1 N–H and O–H groups in total. The zero-order chi connectivity index (χ0) is 15.5. The third-order valence-corrected chi connectivity index (χ3v) is 5.80. The molecule has 118 valence electrons. The molecule has 0 aromatic heterocycles. The van der Waals surface area contributed by atoms with E-state index in [4.69, 9.17) is 0 Å². The fourth-order valence-corrected chi connectivity index (χ4v) is 3.65. The van der Waals surface area contributed by atoms with E-state index in [-0.39, 0.29) is 0 Å². The fraction of sp³-hybridized carbons (Fsp3) is 0.600. The van der Waals surface area contributed by atoms with Gasteiger partial charge < -0.3 is 5.32 Å². The van der Waals surface area contributed by atoms with Crippen molar-refractivity contribution in [1.29, 1.82) is 0 Å². The van der Waals surface area contributed by atoms with E-state index in [9.17, 15) is 8.42 Å². The Bertz CT molecular complexity index is 555. The number of nitrogens with zero attached hydrogens (tertiary/aromatic N) is 2. The van der Waals surface area contributed by atoms with Crippen LogP contribution in [0.2, 0.25) is 0 Å². The summed E-state index contributed by atoms with van der Waals surface area (Å²) in [5.41, 5.74) is 1.16. The molecule has 2 rings (SSSR count). The summed E-state index contributed by atoms with van der Waals surface area (Å²) in [5.74, 6) is 0.725. The van der Waals surface area contributed by atoms with Crippen molar-refractivity contribution < 1.29 is 8.42 Å². The number of rotatable bonds is 6. The first-order valence-corrected chi connectivity index (χ1v) is 8.76. The van der Waals surface area contributed by atoms with Crippen molar-refractivity contribution in [3.8, 4) is 0 Å². The van der Waals surface area contributed by atoms with E-state index >= 15 is 0 Å². The van der Waals surface area contributed by atoms with Gasteiger partial charge in [0.15, 0.2) is 0 Å². The molecule has 0 saturated carbocycles. The van der Waals surface area contributed by atoms with Gasteiger partial charge in [-0.1, -0.05) is 12.1 Å². The first-order valence-electron chi connectivity index (χ1n) is 7.32. The molecule has 1 saturated heterocycles. The van der Waals surface area contributed by atoms with Crippen molar-refractivity contribution in [1.82, 2.24) is 14.5 Å². The van der Waals surface area contributed by atoms with Crippen LogP contribution in [0.25, 0.3) is 0 Å². The van der Waals surface area contributed by atoms with Gasteiger partial charge in [0, 0.05) is 27.2 Å². The molecular formula is C15H25N3O2S. The molecule has 21 heavy (non-hydrogen) atoms. The maximum atomic E-state index is 12.0. The molecular weight excluding hydrogens is 286 g/mol. The van der Waals surface area contributed by atoms with Gasteiger partial charge in [0.2, 0.25) is 10.0 Å². The standard InChI is InChI=1S/C15H25N3O2S/c1-16-10-14-8-9-18(12-14)11-13-4-6-15(7-5-13)21(19,20)17(2)3/h4-7,14,16H,8-12H2,1-3H3. The summed E-state index contributed by atoms with van der Waals surface area (Å²) in [5, 5.41) is 3.23. The van der Waals surface area contributed by atoms with Gasteiger partial charge >= 0.3 is 0 Å². The predicted molar refractivity (Wildman–Crippen MR) is 84.6 cm³/mol. The Kier molecular flexibility index (Phi) is 5.37. The molecule has 0 spiro atoms. The molecule has 0 aliphatic carbocycles. The highest BCUT2D eigenvalue weighted by atomic mass is 32.2. The molecule has 1 fully saturated rings. The van der Waals surface area contributed by atoms with Crippen molar-refractivity contribution in [3.63, 3.8) is 0 Å². The van der Waals surface area contributed by atoms with Crippen LogP contribution in [0, 0.1) is 5.92 Å². The van der Waals surface area contributed by atoms with E-state index in [2.05, 4.69) is 10.2 Å². The lowest BCUT2D eigenvalue weighted by molar-refractivity contribution is 0.315. The Morgan fingerprint density at radius 3 is 2.52 bits per heavy atom. The molecule has 1 aromatic carbocycles. The van der Waals surface area contributed by atoms with E-state index in [0.29, 0.717) is 4.90 Å². The van der Waals surface area contributed by atoms with E-state index < -0.39 is 10.0 Å². The number of benzene rings is 1. The Hall–Kier alpha value is -0.950. The summed E-state index contributed by atoms with van der Waals surface area (Å²) in [4.78, 5) is 2.78. The van der Waals surface area contributed by atoms with Gasteiger partial charge in [0.05, 0.1) is 4.90 Å². The Labute approximate surface area is 128 Å². The minimum absolute atomic E-state index is 0.353. The highest BCUT2D eigenvalue weighted by Crippen LogP contribution is 2.19. The molecule has 6 heteroatoms. The Balaban J connectivity index is 1.98. The van der Waals surface area contributed by atoms with Gasteiger partial charge in [-0.3, -0.25) is 4.90 Å². The predicted octanol–water partition coefficient (Wildman–Crippen LogP) is 0.978. The number of likely N-dealkylation sites (tertiary alicyclic amines) is 1. The second-order valence-electron chi connectivity index (χ2n) is 5.88. The zero-order valence-corrected chi connectivity index (χ0v) is 13.9. The molecule has 1 aromatic rings. The smallest absolute Gasteiger partial charge is 0.242 e. The van der Waals surface area contributed by atoms with Crippen LogP contribution in [0.3, 0.4) is 0 Å². The molecule has 1 atom stereocenters. The highest BCUT2D eigenvalue weighted by molar-refractivity contribution is 7.89. The molecule has 1 heterocycles. The topological polar surface area (TPSA) is 52.7 Å². The quantitative estimate of drug-likeness (QED) is 0.851. The normalized spacial score (nSPS) is 20.3. The van der Waals surface area contributed by atoms with Crippen LogP contribution < -0.4 is 5.32 Å². The third kappa shape index (κ3) is 4.03. The summed E-state index contributed by atoms with van der Waals surface area (Å²) >= 11 is 0. The van der Waals surface area contributed by atoms with Crippen LogP contribution in [-0.4, -0.2) is 58.4 Å².